The largest absolute Gasteiger partial charge is 0.497 e. The molecule has 142 valence electrons. The predicted molar refractivity (Wildman–Crippen MR) is 105 cm³/mol. The second-order valence-corrected chi connectivity index (χ2v) is 6.07. The highest BCUT2D eigenvalue weighted by atomic mass is 19.1. The van der Waals surface area contributed by atoms with Crippen LogP contribution in [0.5, 0.6) is 5.75 Å². The first kappa shape index (κ1) is 19.1. The van der Waals surface area contributed by atoms with Crippen LogP contribution in [0.2, 0.25) is 0 Å². The first-order chi connectivity index (χ1) is 13.5. The van der Waals surface area contributed by atoms with Crippen LogP contribution in [0, 0.1) is 5.82 Å². The maximum atomic E-state index is 12.9. The van der Waals surface area contributed by atoms with E-state index in [2.05, 4.69) is 10.6 Å². The fourth-order valence-corrected chi connectivity index (χ4v) is 2.54. The van der Waals surface area contributed by atoms with E-state index in [1.165, 1.54) is 12.1 Å². The highest BCUT2D eigenvalue weighted by Crippen LogP contribution is 2.16. The minimum absolute atomic E-state index is 0.272. The number of benzene rings is 3. The lowest BCUT2D eigenvalue weighted by molar-refractivity contribution is 0.0949. The Morgan fingerprint density at radius 1 is 0.821 bits per heavy atom. The smallest absolute Gasteiger partial charge is 0.255 e. The first-order valence-electron chi connectivity index (χ1n) is 8.63. The molecule has 0 atom stereocenters. The van der Waals surface area contributed by atoms with Crippen LogP contribution in [0.25, 0.3) is 0 Å². The second-order valence-electron chi connectivity index (χ2n) is 6.07. The summed E-state index contributed by atoms with van der Waals surface area (Å²) < 4.78 is 18.0. The monoisotopic (exact) mass is 378 g/mol. The molecule has 0 saturated heterocycles. The van der Waals surface area contributed by atoms with Gasteiger partial charge >= 0.3 is 0 Å². The maximum absolute atomic E-state index is 12.9. The summed E-state index contributed by atoms with van der Waals surface area (Å²) in [7, 11) is 1.57. The van der Waals surface area contributed by atoms with E-state index in [9.17, 15) is 14.0 Å². The zero-order valence-electron chi connectivity index (χ0n) is 15.2. The molecule has 0 heterocycles. The van der Waals surface area contributed by atoms with Gasteiger partial charge in [0.05, 0.1) is 7.11 Å². The van der Waals surface area contributed by atoms with Gasteiger partial charge in [-0.1, -0.05) is 12.1 Å². The lowest BCUT2D eigenvalue weighted by Gasteiger charge is -2.08. The van der Waals surface area contributed by atoms with E-state index in [0.29, 0.717) is 29.1 Å². The van der Waals surface area contributed by atoms with E-state index in [1.807, 2.05) is 0 Å². The average molecular weight is 378 g/mol. The molecule has 0 aliphatic heterocycles. The number of ether oxygens (including phenoxy) is 1. The quantitative estimate of drug-likeness (QED) is 0.681. The minimum Gasteiger partial charge on any atom is -0.497 e. The van der Waals surface area contributed by atoms with Crippen molar-refractivity contribution in [1.29, 1.82) is 0 Å². The SMILES string of the molecule is COc1ccc(NC(=O)c2ccc(C(=O)NCc3ccc(F)cc3)cc2)cc1. The molecule has 2 N–H and O–H groups in total. The molecule has 0 aliphatic rings. The van der Waals surface area contributed by atoms with Crippen LogP contribution in [-0.4, -0.2) is 18.9 Å². The summed E-state index contributed by atoms with van der Waals surface area (Å²) in [5, 5.41) is 5.54. The molecule has 28 heavy (non-hydrogen) atoms. The Kier molecular flexibility index (Phi) is 6.01. The fourth-order valence-electron chi connectivity index (χ4n) is 2.54. The van der Waals surface area contributed by atoms with Crippen LogP contribution in [0.3, 0.4) is 0 Å². The lowest BCUT2D eigenvalue weighted by Crippen LogP contribution is -2.23. The van der Waals surface area contributed by atoms with Gasteiger partial charge in [-0.05, 0) is 66.2 Å². The van der Waals surface area contributed by atoms with Gasteiger partial charge in [-0.15, -0.1) is 0 Å². The Hall–Kier alpha value is -3.67. The van der Waals surface area contributed by atoms with Gasteiger partial charge in [0.2, 0.25) is 0 Å². The standard InChI is InChI=1S/C22H19FN2O3/c1-28-20-12-10-19(11-13-20)25-22(27)17-6-4-16(5-7-17)21(26)24-14-15-2-8-18(23)9-3-15/h2-13H,14H2,1H3,(H,24,26)(H,25,27). The Morgan fingerprint density at radius 3 is 1.96 bits per heavy atom. The molecule has 3 aromatic carbocycles. The Labute approximate surface area is 162 Å². The molecule has 5 nitrogen and oxygen atoms in total. The average Bonchev–Trinajstić information content (AvgIpc) is 2.73. The van der Waals surface area contributed by atoms with E-state index in [-0.39, 0.29) is 17.6 Å². The third-order valence-corrected chi connectivity index (χ3v) is 4.12. The number of methoxy groups -OCH3 is 1. The van der Waals surface area contributed by atoms with Gasteiger partial charge in [0.1, 0.15) is 11.6 Å². The highest BCUT2D eigenvalue weighted by Gasteiger charge is 2.09. The van der Waals surface area contributed by atoms with Crippen molar-refractivity contribution in [1.82, 2.24) is 5.32 Å². The number of amides is 2. The third-order valence-electron chi connectivity index (χ3n) is 4.12. The molecule has 0 spiro atoms. The molecule has 6 heteroatoms. The molecule has 0 bridgehead atoms. The number of anilines is 1. The van der Waals surface area contributed by atoms with Crippen molar-refractivity contribution >= 4 is 17.5 Å². The fraction of sp³-hybridized carbons (Fsp3) is 0.0909. The summed E-state index contributed by atoms with van der Waals surface area (Å²) in [4.78, 5) is 24.5. The first-order valence-corrected chi connectivity index (χ1v) is 8.63. The number of halogens is 1. The van der Waals surface area contributed by atoms with Gasteiger partial charge in [0, 0.05) is 23.4 Å². The molecule has 0 radical (unpaired) electrons. The summed E-state index contributed by atoms with van der Waals surface area (Å²) in [6.45, 7) is 0.290. The number of rotatable bonds is 6. The molecule has 2 amide bonds. The molecule has 0 saturated carbocycles. The van der Waals surface area contributed by atoms with Crippen LogP contribution in [-0.2, 0) is 6.54 Å². The topological polar surface area (TPSA) is 67.4 Å². The van der Waals surface area contributed by atoms with Crippen molar-refractivity contribution in [2.45, 2.75) is 6.54 Å². The number of nitrogens with one attached hydrogen (secondary N) is 2. The van der Waals surface area contributed by atoms with Crippen molar-refractivity contribution in [3.63, 3.8) is 0 Å². The zero-order chi connectivity index (χ0) is 19.9. The number of carbonyl (C=O) groups is 2. The molecular formula is C22H19FN2O3. The van der Waals surface area contributed by atoms with E-state index in [0.717, 1.165) is 5.56 Å². The predicted octanol–water partition coefficient (Wildman–Crippen LogP) is 4.02. The van der Waals surface area contributed by atoms with Crippen molar-refractivity contribution in [2.24, 2.45) is 0 Å². The number of carbonyl (C=O) groups excluding carboxylic acids is 2. The zero-order valence-corrected chi connectivity index (χ0v) is 15.2. The molecule has 0 unspecified atom stereocenters. The second kappa shape index (κ2) is 8.81. The maximum Gasteiger partial charge on any atom is 0.255 e. The van der Waals surface area contributed by atoms with Gasteiger partial charge < -0.3 is 15.4 Å². The van der Waals surface area contributed by atoms with Gasteiger partial charge in [0.15, 0.2) is 0 Å². The van der Waals surface area contributed by atoms with Crippen LogP contribution < -0.4 is 15.4 Å². The van der Waals surface area contributed by atoms with Crippen molar-refractivity contribution in [2.75, 3.05) is 12.4 Å². The van der Waals surface area contributed by atoms with Gasteiger partial charge in [-0.25, -0.2) is 4.39 Å². The summed E-state index contributed by atoms with van der Waals surface area (Å²) >= 11 is 0. The van der Waals surface area contributed by atoms with Gasteiger partial charge in [-0.2, -0.15) is 0 Å². The highest BCUT2D eigenvalue weighted by molar-refractivity contribution is 6.05. The van der Waals surface area contributed by atoms with Crippen molar-refractivity contribution < 1.29 is 18.7 Å². The molecular weight excluding hydrogens is 359 g/mol. The van der Waals surface area contributed by atoms with E-state index in [4.69, 9.17) is 4.74 Å². The number of hydrogen-bond acceptors (Lipinski definition) is 3. The minimum atomic E-state index is -0.321. The third kappa shape index (κ3) is 4.94. The molecule has 0 fully saturated rings. The van der Waals surface area contributed by atoms with Crippen LogP contribution >= 0.6 is 0 Å². The van der Waals surface area contributed by atoms with E-state index >= 15 is 0 Å². The summed E-state index contributed by atoms with van der Waals surface area (Å²) in [5.41, 5.74) is 2.31. The van der Waals surface area contributed by atoms with Crippen LogP contribution in [0.15, 0.2) is 72.8 Å². The van der Waals surface area contributed by atoms with E-state index in [1.54, 1.807) is 67.8 Å². The Morgan fingerprint density at radius 2 is 1.39 bits per heavy atom. The lowest BCUT2D eigenvalue weighted by atomic mass is 10.1. The van der Waals surface area contributed by atoms with Crippen LogP contribution in [0.1, 0.15) is 26.3 Å². The summed E-state index contributed by atoms with van der Waals surface area (Å²) in [5.74, 6) is -0.164. The molecule has 0 aromatic heterocycles. The van der Waals surface area contributed by atoms with Crippen molar-refractivity contribution in [3.05, 3.63) is 95.3 Å². The van der Waals surface area contributed by atoms with E-state index < -0.39 is 0 Å². The van der Waals surface area contributed by atoms with Crippen LogP contribution in [0.4, 0.5) is 10.1 Å². The molecule has 3 aromatic rings. The summed E-state index contributed by atoms with van der Waals surface area (Å²) in [6.07, 6.45) is 0. The normalized spacial score (nSPS) is 10.2. The summed E-state index contributed by atoms with van der Waals surface area (Å²) in [6, 6.07) is 19.3. The number of hydrogen-bond donors (Lipinski definition) is 2. The van der Waals surface area contributed by atoms with Crippen molar-refractivity contribution in [3.8, 4) is 5.75 Å². The molecule has 3 rings (SSSR count). The van der Waals surface area contributed by atoms with Gasteiger partial charge in [0.25, 0.3) is 11.8 Å². The molecule has 0 aliphatic carbocycles. The van der Waals surface area contributed by atoms with Gasteiger partial charge in [-0.3, -0.25) is 9.59 Å². The Bertz CT molecular complexity index is 953. The Balaban J connectivity index is 1.57.